The Bertz CT molecular complexity index is 1410. The van der Waals surface area contributed by atoms with E-state index in [2.05, 4.69) is 21.9 Å². The van der Waals surface area contributed by atoms with Crippen LogP contribution in [-0.4, -0.2) is 25.5 Å². The maximum absolute atomic E-state index is 13.3. The summed E-state index contributed by atoms with van der Waals surface area (Å²) in [6, 6.07) is 10.9. The summed E-state index contributed by atoms with van der Waals surface area (Å²) in [5, 5.41) is 13.8. The molecule has 2 N–H and O–H groups in total. The molecular formula is C25H21FN4O3. The van der Waals surface area contributed by atoms with Gasteiger partial charge in [-0.25, -0.2) is 9.37 Å². The molecule has 4 rings (SSSR count). The van der Waals surface area contributed by atoms with Crippen LogP contribution in [0.1, 0.15) is 29.3 Å². The Balaban J connectivity index is 1.95. The molecule has 3 aromatic heterocycles. The maximum atomic E-state index is 13.3. The summed E-state index contributed by atoms with van der Waals surface area (Å²) in [5.74, 6) is -1.60. The molecule has 0 atom stereocenters. The summed E-state index contributed by atoms with van der Waals surface area (Å²) in [6.07, 6.45) is 5.21. The number of fused-ring (bicyclic) bond motifs is 1. The molecule has 0 radical (unpaired) electrons. The van der Waals surface area contributed by atoms with Crippen molar-refractivity contribution < 1.29 is 14.3 Å². The average Bonchev–Trinajstić information content (AvgIpc) is 2.82. The van der Waals surface area contributed by atoms with Crippen LogP contribution in [0.2, 0.25) is 0 Å². The van der Waals surface area contributed by atoms with Gasteiger partial charge in [0.25, 0.3) is 11.5 Å². The van der Waals surface area contributed by atoms with Crippen LogP contribution in [0.25, 0.3) is 22.2 Å². The average molecular weight is 444 g/mol. The van der Waals surface area contributed by atoms with Gasteiger partial charge in [0.1, 0.15) is 22.8 Å². The molecular weight excluding hydrogens is 423 g/mol. The molecule has 0 spiro atoms. The third-order valence-electron chi connectivity index (χ3n) is 5.29. The van der Waals surface area contributed by atoms with Crippen LogP contribution in [-0.2, 0) is 6.54 Å². The molecule has 0 saturated carbocycles. The number of carbonyl (C=O) groups excluding carboxylic acids is 1. The Labute approximate surface area is 188 Å². The fourth-order valence-electron chi connectivity index (χ4n) is 3.45. The van der Waals surface area contributed by atoms with Crippen molar-refractivity contribution in [3.63, 3.8) is 0 Å². The first-order valence-corrected chi connectivity index (χ1v) is 10.3. The zero-order valence-electron chi connectivity index (χ0n) is 17.9. The van der Waals surface area contributed by atoms with Crippen LogP contribution in [0.15, 0.2) is 78.1 Å². The van der Waals surface area contributed by atoms with Gasteiger partial charge in [-0.05, 0) is 47.9 Å². The summed E-state index contributed by atoms with van der Waals surface area (Å²) in [6.45, 7) is 5.67. The van der Waals surface area contributed by atoms with Gasteiger partial charge in [0, 0.05) is 29.9 Å². The van der Waals surface area contributed by atoms with E-state index in [-0.39, 0.29) is 23.4 Å². The second-order valence-electron chi connectivity index (χ2n) is 7.48. The van der Waals surface area contributed by atoms with Crippen LogP contribution < -0.4 is 10.9 Å². The van der Waals surface area contributed by atoms with Crippen molar-refractivity contribution in [2.45, 2.75) is 19.9 Å². The van der Waals surface area contributed by atoms with Crippen molar-refractivity contribution in [1.29, 1.82) is 0 Å². The lowest BCUT2D eigenvalue weighted by atomic mass is 10.0. The van der Waals surface area contributed by atoms with E-state index in [9.17, 15) is 19.1 Å². The molecule has 1 amide bonds. The zero-order chi connectivity index (χ0) is 23.5. The van der Waals surface area contributed by atoms with Gasteiger partial charge in [0.15, 0.2) is 0 Å². The van der Waals surface area contributed by atoms with Gasteiger partial charge in [-0.3, -0.25) is 19.1 Å². The van der Waals surface area contributed by atoms with Crippen LogP contribution >= 0.6 is 0 Å². The Hall–Kier alpha value is -4.33. The van der Waals surface area contributed by atoms with Gasteiger partial charge in [0.2, 0.25) is 0 Å². The standard InChI is InChI=1S/C25H21FN4O3/c1-3-15(2)29-24(32)21-22(31)20-12-18(17-4-6-19(26)7-5-17)13-28-23(20)30(25(21)33)14-16-8-10-27-11-9-16/h4-13,31H,2-3,14H2,1H3,(H,29,32). The predicted octanol–water partition coefficient (Wildman–Crippen LogP) is 4.01. The number of pyridine rings is 3. The fourth-order valence-corrected chi connectivity index (χ4v) is 3.45. The number of nitrogens with zero attached hydrogens (tertiary/aromatic N) is 3. The number of hydrogen-bond donors (Lipinski definition) is 2. The molecule has 1 aromatic carbocycles. The number of carbonyl (C=O) groups is 1. The maximum Gasteiger partial charge on any atom is 0.269 e. The highest BCUT2D eigenvalue weighted by Crippen LogP contribution is 2.30. The number of aromatic hydroxyl groups is 1. The van der Waals surface area contributed by atoms with Crippen molar-refractivity contribution in [3.8, 4) is 16.9 Å². The van der Waals surface area contributed by atoms with E-state index < -0.39 is 22.8 Å². The number of halogens is 1. The molecule has 0 unspecified atom stereocenters. The quantitative estimate of drug-likeness (QED) is 0.469. The summed E-state index contributed by atoms with van der Waals surface area (Å²) >= 11 is 0. The van der Waals surface area contributed by atoms with E-state index in [1.807, 2.05) is 6.92 Å². The largest absolute Gasteiger partial charge is 0.506 e. The van der Waals surface area contributed by atoms with Crippen LogP contribution in [0.5, 0.6) is 5.75 Å². The van der Waals surface area contributed by atoms with Crippen molar-refractivity contribution in [1.82, 2.24) is 19.9 Å². The highest BCUT2D eigenvalue weighted by molar-refractivity contribution is 6.03. The highest BCUT2D eigenvalue weighted by Gasteiger charge is 2.24. The van der Waals surface area contributed by atoms with Crippen LogP contribution in [0.4, 0.5) is 4.39 Å². The summed E-state index contributed by atoms with van der Waals surface area (Å²) in [4.78, 5) is 34.6. The fraction of sp³-hybridized carbons (Fsp3) is 0.120. The monoisotopic (exact) mass is 444 g/mol. The number of rotatable bonds is 6. The summed E-state index contributed by atoms with van der Waals surface area (Å²) in [5.41, 5.74) is 1.58. The molecule has 0 aliphatic rings. The normalized spacial score (nSPS) is 10.8. The Kier molecular flexibility index (Phi) is 5.99. The summed E-state index contributed by atoms with van der Waals surface area (Å²) < 4.78 is 14.7. The van der Waals surface area contributed by atoms with Crippen LogP contribution in [0.3, 0.4) is 0 Å². The van der Waals surface area contributed by atoms with E-state index >= 15 is 0 Å². The first-order valence-electron chi connectivity index (χ1n) is 10.3. The molecule has 0 aliphatic carbocycles. The zero-order valence-corrected chi connectivity index (χ0v) is 17.9. The Morgan fingerprint density at radius 2 is 1.85 bits per heavy atom. The lowest BCUT2D eigenvalue weighted by Crippen LogP contribution is -2.33. The Morgan fingerprint density at radius 1 is 1.15 bits per heavy atom. The molecule has 0 saturated heterocycles. The topological polar surface area (TPSA) is 97.1 Å². The number of hydrogen-bond acceptors (Lipinski definition) is 5. The first-order chi connectivity index (χ1) is 15.9. The van der Waals surface area contributed by atoms with Gasteiger partial charge in [0.05, 0.1) is 11.9 Å². The molecule has 8 heteroatoms. The lowest BCUT2D eigenvalue weighted by Gasteiger charge is -2.15. The number of allylic oxidation sites excluding steroid dienone is 1. The molecule has 3 heterocycles. The molecule has 4 aromatic rings. The third-order valence-corrected chi connectivity index (χ3v) is 5.29. The van der Waals surface area contributed by atoms with E-state index in [0.717, 1.165) is 5.56 Å². The number of benzene rings is 1. The van der Waals surface area contributed by atoms with E-state index in [4.69, 9.17) is 0 Å². The van der Waals surface area contributed by atoms with Gasteiger partial charge in [-0.15, -0.1) is 0 Å². The van der Waals surface area contributed by atoms with Gasteiger partial charge in [-0.2, -0.15) is 0 Å². The number of amides is 1. The molecule has 0 bridgehead atoms. The number of aromatic nitrogens is 3. The SMILES string of the molecule is C=C(CC)NC(=O)c1c(O)c2cc(-c3ccc(F)cc3)cnc2n(Cc2ccncc2)c1=O. The molecule has 33 heavy (non-hydrogen) atoms. The van der Waals surface area contributed by atoms with Gasteiger partial charge in [-0.1, -0.05) is 25.6 Å². The minimum Gasteiger partial charge on any atom is -0.506 e. The van der Waals surface area contributed by atoms with E-state index in [1.54, 1.807) is 42.7 Å². The third kappa shape index (κ3) is 4.36. The van der Waals surface area contributed by atoms with Crippen molar-refractivity contribution in [3.05, 3.63) is 101 Å². The van der Waals surface area contributed by atoms with Gasteiger partial charge >= 0.3 is 0 Å². The van der Waals surface area contributed by atoms with Crippen molar-refractivity contribution >= 4 is 16.9 Å². The minimum absolute atomic E-state index is 0.121. The first kappa shape index (κ1) is 21.9. The van der Waals surface area contributed by atoms with E-state index in [0.29, 0.717) is 23.2 Å². The second kappa shape index (κ2) is 9.04. The number of nitrogens with one attached hydrogen (secondary N) is 1. The summed E-state index contributed by atoms with van der Waals surface area (Å²) in [7, 11) is 0. The Morgan fingerprint density at radius 3 is 2.52 bits per heavy atom. The molecule has 7 nitrogen and oxygen atoms in total. The van der Waals surface area contributed by atoms with Crippen LogP contribution in [0, 0.1) is 5.82 Å². The van der Waals surface area contributed by atoms with E-state index in [1.165, 1.54) is 22.9 Å². The predicted molar refractivity (Wildman–Crippen MR) is 123 cm³/mol. The van der Waals surface area contributed by atoms with Gasteiger partial charge < -0.3 is 10.4 Å². The van der Waals surface area contributed by atoms with Crippen molar-refractivity contribution in [2.24, 2.45) is 0 Å². The highest BCUT2D eigenvalue weighted by atomic mass is 19.1. The smallest absolute Gasteiger partial charge is 0.269 e. The molecule has 0 fully saturated rings. The minimum atomic E-state index is -0.748. The molecule has 166 valence electrons. The molecule has 0 aliphatic heterocycles. The second-order valence-corrected chi connectivity index (χ2v) is 7.48. The van der Waals surface area contributed by atoms with Crippen molar-refractivity contribution in [2.75, 3.05) is 0 Å². The lowest BCUT2D eigenvalue weighted by molar-refractivity contribution is 0.0960.